The summed E-state index contributed by atoms with van der Waals surface area (Å²) in [5.41, 5.74) is 5.93. The summed E-state index contributed by atoms with van der Waals surface area (Å²) in [6, 6.07) is 0. The molecular weight excluding hydrogens is 204 g/mol. The Labute approximate surface area is 87.8 Å². The van der Waals surface area contributed by atoms with Crippen LogP contribution in [0.3, 0.4) is 0 Å². The first kappa shape index (κ1) is 10.7. The van der Waals surface area contributed by atoms with Crippen molar-refractivity contribution in [3.05, 3.63) is 0 Å². The van der Waals surface area contributed by atoms with Gasteiger partial charge in [0.2, 0.25) is 5.92 Å². The number of thioether (sulfide) groups is 1. The highest BCUT2D eigenvalue weighted by atomic mass is 32.2. The topological polar surface area (TPSA) is 26.0 Å². The van der Waals surface area contributed by atoms with Crippen molar-refractivity contribution in [1.29, 1.82) is 0 Å². The number of rotatable bonds is 1. The van der Waals surface area contributed by atoms with E-state index in [0.717, 1.165) is 12.2 Å². The second-order valence-corrected chi connectivity index (χ2v) is 5.90. The molecular formula is C10H17F2NS. The van der Waals surface area contributed by atoms with Crippen LogP contribution in [-0.4, -0.2) is 22.5 Å². The summed E-state index contributed by atoms with van der Waals surface area (Å²) in [5, 5.41) is 0.429. The average Bonchev–Trinajstić information content (AvgIpc) is 2.64. The lowest BCUT2D eigenvalue weighted by Gasteiger charge is -2.40. The molecule has 1 unspecified atom stereocenters. The predicted octanol–water partition coefficient (Wildman–Crippen LogP) is 2.79. The molecule has 0 aromatic rings. The molecule has 2 N–H and O–H groups in total. The van der Waals surface area contributed by atoms with Gasteiger partial charge in [-0.3, -0.25) is 0 Å². The molecule has 0 spiro atoms. The molecule has 1 nitrogen and oxygen atoms in total. The lowest BCUT2D eigenvalue weighted by atomic mass is 9.77. The van der Waals surface area contributed by atoms with Gasteiger partial charge in [-0.15, -0.1) is 0 Å². The highest BCUT2D eigenvalue weighted by Gasteiger charge is 2.45. The molecule has 1 heterocycles. The van der Waals surface area contributed by atoms with E-state index in [0.29, 0.717) is 18.1 Å². The van der Waals surface area contributed by atoms with Gasteiger partial charge in [0.05, 0.1) is 0 Å². The van der Waals surface area contributed by atoms with Crippen LogP contribution in [-0.2, 0) is 0 Å². The van der Waals surface area contributed by atoms with E-state index < -0.39 is 5.92 Å². The lowest BCUT2D eigenvalue weighted by molar-refractivity contribution is -0.0507. The summed E-state index contributed by atoms with van der Waals surface area (Å²) in [6.45, 7) is 0. The minimum absolute atomic E-state index is 0.0133. The average molecular weight is 221 g/mol. The summed E-state index contributed by atoms with van der Waals surface area (Å²) in [7, 11) is 0. The van der Waals surface area contributed by atoms with Gasteiger partial charge in [-0.05, 0) is 31.4 Å². The molecule has 4 heteroatoms. The van der Waals surface area contributed by atoms with Crippen LogP contribution < -0.4 is 5.73 Å². The van der Waals surface area contributed by atoms with Gasteiger partial charge in [0.1, 0.15) is 0 Å². The Balaban J connectivity index is 1.97. The first-order valence-corrected chi connectivity index (χ1v) is 6.35. The molecule has 2 fully saturated rings. The Kier molecular flexibility index (Phi) is 2.77. The van der Waals surface area contributed by atoms with Crippen molar-refractivity contribution in [3.8, 4) is 0 Å². The minimum Gasteiger partial charge on any atom is -0.324 e. The molecule has 0 radical (unpaired) electrons. The first-order valence-electron chi connectivity index (χ1n) is 5.30. The Morgan fingerprint density at radius 1 is 1.14 bits per heavy atom. The van der Waals surface area contributed by atoms with Crippen molar-refractivity contribution in [2.45, 2.75) is 55.2 Å². The monoisotopic (exact) mass is 221 g/mol. The van der Waals surface area contributed by atoms with Crippen LogP contribution in [0.4, 0.5) is 8.78 Å². The van der Waals surface area contributed by atoms with Crippen LogP contribution in [0.1, 0.15) is 38.5 Å². The summed E-state index contributed by atoms with van der Waals surface area (Å²) in [5.74, 6) is -1.30. The number of alkyl halides is 2. The first-order chi connectivity index (χ1) is 6.52. The molecule has 0 bridgehead atoms. The van der Waals surface area contributed by atoms with E-state index in [1.807, 2.05) is 11.8 Å². The fourth-order valence-corrected chi connectivity index (χ4v) is 3.95. The second-order valence-electron chi connectivity index (χ2n) is 4.59. The fraction of sp³-hybridized carbons (Fsp3) is 1.00. The third-order valence-corrected chi connectivity index (χ3v) is 5.12. The molecule has 14 heavy (non-hydrogen) atoms. The zero-order valence-corrected chi connectivity index (χ0v) is 9.09. The van der Waals surface area contributed by atoms with Crippen LogP contribution in [0.25, 0.3) is 0 Å². The highest BCUT2D eigenvalue weighted by Crippen LogP contribution is 2.44. The molecule has 2 aliphatic rings. The molecule has 0 aromatic heterocycles. The Bertz CT molecular complexity index is 204. The van der Waals surface area contributed by atoms with Crippen molar-refractivity contribution in [2.24, 2.45) is 5.73 Å². The van der Waals surface area contributed by atoms with Crippen molar-refractivity contribution in [1.82, 2.24) is 0 Å². The van der Waals surface area contributed by atoms with Crippen LogP contribution in [0, 0.1) is 0 Å². The largest absolute Gasteiger partial charge is 0.324 e. The number of halogens is 2. The van der Waals surface area contributed by atoms with E-state index in [-0.39, 0.29) is 18.4 Å². The molecule has 1 aliphatic carbocycles. The Hall–Kier alpha value is 0.170. The maximum absolute atomic E-state index is 13.0. The molecule has 1 saturated carbocycles. The lowest BCUT2D eigenvalue weighted by Crippen LogP contribution is -2.52. The van der Waals surface area contributed by atoms with Crippen molar-refractivity contribution < 1.29 is 8.78 Å². The SMILES string of the molecule is NC1(C2CCCS2)CCC(F)(F)CC1. The van der Waals surface area contributed by atoms with E-state index in [2.05, 4.69) is 0 Å². The van der Waals surface area contributed by atoms with Gasteiger partial charge in [0.25, 0.3) is 0 Å². The van der Waals surface area contributed by atoms with Gasteiger partial charge in [-0.1, -0.05) is 0 Å². The van der Waals surface area contributed by atoms with Gasteiger partial charge in [-0.25, -0.2) is 8.78 Å². The van der Waals surface area contributed by atoms with Crippen LogP contribution in [0.15, 0.2) is 0 Å². The van der Waals surface area contributed by atoms with E-state index in [4.69, 9.17) is 5.73 Å². The number of hydrogen-bond acceptors (Lipinski definition) is 2. The van der Waals surface area contributed by atoms with E-state index in [1.165, 1.54) is 6.42 Å². The molecule has 1 aliphatic heterocycles. The van der Waals surface area contributed by atoms with Gasteiger partial charge in [-0.2, -0.15) is 11.8 Å². The third-order valence-electron chi connectivity index (χ3n) is 3.48. The zero-order valence-electron chi connectivity index (χ0n) is 8.27. The standard InChI is InChI=1S/C10H17F2NS/c11-10(12)5-3-9(13,4-6-10)8-2-1-7-14-8/h8H,1-7,13H2. The van der Waals surface area contributed by atoms with E-state index in [9.17, 15) is 8.78 Å². The van der Waals surface area contributed by atoms with E-state index in [1.54, 1.807) is 0 Å². The molecule has 82 valence electrons. The van der Waals surface area contributed by atoms with Crippen LogP contribution in [0.2, 0.25) is 0 Å². The van der Waals surface area contributed by atoms with Crippen molar-refractivity contribution in [2.75, 3.05) is 5.75 Å². The molecule has 1 atom stereocenters. The van der Waals surface area contributed by atoms with Gasteiger partial charge in [0, 0.05) is 23.6 Å². The number of hydrogen-bond donors (Lipinski definition) is 1. The van der Waals surface area contributed by atoms with Gasteiger partial charge in [0.15, 0.2) is 0 Å². The van der Waals surface area contributed by atoms with Crippen LogP contribution in [0.5, 0.6) is 0 Å². The molecule has 0 amide bonds. The maximum atomic E-state index is 13.0. The summed E-state index contributed by atoms with van der Waals surface area (Å²) >= 11 is 1.88. The van der Waals surface area contributed by atoms with Gasteiger partial charge < -0.3 is 5.73 Å². The van der Waals surface area contributed by atoms with Crippen molar-refractivity contribution in [3.63, 3.8) is 0 Å². The Morgan fingerprint density at radius 2 is 1.79 bits per heavy atom. The highest BCUT2D eigenvalue weighted by molar-refractivity contribution is 8.00. The predicted molar refractivity (Wildman–Crippen MR) is 55.8 cm³/mol. The quantitative estimate of drug-likeness (QED) is 0.737. The molecule has 2 rings (SSSR count). The number of nitrogens with two attached hydrogens (primary N) is 1. The molecule has 1 saturated heterocycles. The third kappa shape index (κ3) is 2.06. The van der Waals surface area contributed by atoms with E-state index >= 15 is 0 Å². The van der Waals surface area contributed by atoms with Crippen molar-refractivity contribution >= 4 is 11.8 Å². The smallest absolute Gasteiger partial charge is 0.248 e. The zero-order chi connectivity index (χ0) is 10.2. The summed E-state index contributed by atoms with van der Waals surface area (Å²) in [6.07, 6.45) is 3.29. The second kappa shape index (κ2) is 3.63. The van der Waals surface area contributed by atoms with Gasteiger partial charge >= 0.3 is 0 Å². The Morgan fingerprint density at radius 3 is 2.29 bits per heavy atom. The minimum atomic E-state index is -2.45. The summed E-state index contributed by atoms with van der Waals surface area (Å²) < 4.78 is 25.9. The fourth-order valence-electron chi connectivity index (χ4n) is 2.43. The summed E-state index contributed by atoms with van der Waals surface area (Å²) in [4.78, 5) is 0. The maximum Gasteiger partial charge on any atom is 0.248 e. The molecule has 0 aromatic carbocycles. The normalized spacial score (nSPS) is 35.8. The van der Waals surface area contributed by atoms with Crippen LogP contribution >= 0.6 is 11.8 Å².